The Bertz CT molecular complexity index is 797. The van der Waals surface area contributed by atoms with Crippen LogP contribution in [-0.4, -0.2) is 29.0 Å². The molecule has 1 N–H and O–H groups in total. The summed E-state index contributed by atoms with van der Waals surface area (Å²) in [4.78, 5) is 27.0. The van der Waals surface area contributed by atoms with Gasteiger partial charge in [0.2, 0.25) is 5.91 Å². The molecule has 26 heavy (non-hydrogen) atoms. The molecule has 0 spiro atoms. The van der Waals surface area contributed by atoms with Crippen molar-refractivity contribution in [2.24, 2.45) is 0 Å². The maximum Gasteiger partial charge on any atom is 0.410 e. The number of hydrogen-bond acceptors (Lipinski definition) is 3. The Morgan fingerprint density at radius 3 is 2.69 bits per heavy atom. The average molecular weight is 417 g/mol. The highest BCUT2D eigenvalue weighted by molar-refractivity contribution is 9.10. The Morgan fingerprint density at radius 1 is 1.19 bits per heavy atom. The lowest BCUT2D eigenvalue weighted by molar-refractivity contribution is -0.125. The fourth-order valence-electron chi connectivity index (χ4n) is 3.12. The molecule has 0 radical (unpaired) electrons. The first-order chi connectivity index (χ1) is 12.5. The van der Waals surface area contributed by atoms with E-state index in [1.165, 1.54) is 4.90 Å². The average Bonchev–Trinajstić information content (AvgIpc) is 3.04. The van der Waals surface area contributed by atoms with Crippen LogP contribution in [0.2, 0.25) is 0 Å². The number of anilines is 1. The molecule has 1 heterocycles. The number of rotatable bonds is 4. The number of carbonyl (C=O) groups excluding carboxylic acids is 2. The number of carbonyl (C=O) groups is 2. The first-order valence-corrected chi connectivity index (χ1v) is 9.34. The number of halogens is 1. The molecule has 0 aliphatic carbocycles. The quantitative estimate of drug-likeness (QED) is 0.793. The van der Waals surface area contributed by atoms with Crippen molar-refractivity contribution in [1.82, 2.24) is 4.90 Å². The molecule has 2 aromatic rings. The number of amides is 2. The van der Waals surface area contributed by atoms with Crippen molar-refractivity contribution in [2.45, 2.75) is 31.9 Å². The predicted octanol–water partition coefficient (Wildman–Crippen LogP) is 4.58. The van der Waals surface area contributed by atoms with Gasteiger partial charge in [-0.1, -0.05) is 52.3 Å². The Hall–Kier alpha value is -2.34. The molecule has 0 bridgehead atoms. The van der Waals surface area contributed by atoms with Gasteiger partial charge in [0, 0.05) is 16.7 Å². The van der Waals surface area contributed by atoms with E-state index in [2.05, 4.69) is 21.2 Å². The van der Waals surface area contributed by atoms with Crippen LogP contribution in [0.5, 0.6) is 0 Å². The standard InChI is InChI=1S/C20H21BrN2O3/c1-20(18(24)22-17-10-5-9-16(21)13-17)11-6-12-23(20)19(25)26-14-15-7-3-2-4-8-15/h2-5,7-10,13H,6,11-12,14H2,1H3,(H,22,24). The fraction of sp³-hybridized carbons (Fsp3) is 0.300. The second-order valence-electron chi connectivity index (χ2n) is 6.53. The monoisotopic (exact) mass is 416 g/mol. The summed E-state index contributed by atoms with van der Waals surface area (Å²) in [5.41, 5.74) is 0.686. The lowest BCUT2D eigenvalue weighted by Gasteiger charge is -2.33. The first kappa shape index (κ1) is 18.5. The van der Waals surface area contributed by atoms with E-state index in [4.69, 9.17) is 4.74 Å². The van der Waals surface area contributed by atoms with Gasteiger partial charge in [0.15, 0.2) is 0 Å². The predicted molar refractivity (Wildman–Crippen MR) is 104 cm³/mol. The number of likely N-dealkylation sites (tertiary alicyclic amines) is 1. The Labute approximate surface area is 161 Å². The molecule has 2 aromatic carbocycles. The minimum atomic E-state index is -0.921. The lowest BCUT2D eigenvalue weighted by Crippen LogP contribution is -2.53. The third-order valence-corrected chi connectivity index (χ3v) is 5.13. The van der Waals surface area contributed by atoms with E-state index in [0.717, 1.165) is 16.5 Å². The van der Waals surface area contributed by atoms with E-state index in [-0.39, 0.29) is 12.5 Å². The molecular weight excluding hydrogens is 396 g/mol. The summed E-state index contributed by atoms with van der Waals surface area (Å²) in [6.45, 7) is 2.49. The number of hydrogen-bond donors (Lipinski definition) is 1. The summed E-state index contributed by atoms with van der Waals surface area (Å²) in [5.74, 6) is -0.204. The summed E-state index contributed by atoms with van der Waals surface area (Å²) in [6.07, 6.45) is 0.911. The van der Waals surface area contributed by atoms with Crippen molar-refractivity contribution < 1.29 is 14.3 Å². The van der Waals surface area contributed by atoms with Crippen LogP contribution in [0, 0.1) is 0 Å². The topological polar surface area (TPSA) is 58.6 Å². The molecule has 1 atom stereocenters. The lowest BCUT2D eigenvalue weighted by atomic mass is 9.98. The summed E-state index contributed by atoms with van der Waals surface area (Å²) < 4.78 is 6.31. The Morgan fingerprint density at radius 2 is 1.96 bits per heavy atom. The smallest absolute Gasteiger partial charge is 0.410 e. The zero-order valence-electron chi connectivity index (χ0n) is 14.6. The fourth-order valence-corrected chi connectivity index (χ4v) is 3.52. The van der Waals surface area contributed by atoms with E-state index in [1.807, 2.05) is 54.6 Å². The third-order valence-electron chi connectivity index (χ3n) is 4.64. The summed E-state index contributed by atoms with van der Waals surface area (Å²) in [6, 6.07) is 16.9. The minimum absolute atomic E-state index is 0.194. The molecule has 1 aliphatic heterocycles. The molecule has 2 amide bonds. The van der Waals surface area contributed by atoms with Crippen LogP contribution in [0.1, 0.15) is 25.3 Å². The maximum absolute atomic E-state index is 12.9. The van der Waals surface area contributed by atoms with Crippen molar-refractivity contribution in [1.29, 1.82) is 0 Å². The van der Waals surface area contributed by atoms with E-state index in [0.29, 0.717) is 18.7 Å². The second-order valence-corrected chi connectivity index (χ2v) is 7.45. The summed E-state index contributed by atoms with van der Waals surface area (Å²) in [5, 5.41) is 2.91. The van der Waals surface area contributed by atoms with Crippen LogP contribution >= 0.6 is 15.9 Å². The highest BCUT2D eigenvalue weighted by Gasteiger charge is 2.46. The number of nitrogens with zero attached hydrogens (tertiary/aromatic N) is 1. The molecule has 1 unspecified atom stereocenters. The van der Waals surface area contributed by atoms with Gasteiger partial charge in [0.1, 0.15) is 12.1 Å². The van der Waals surface area contributed by atoms with Crippen molar-refractivity contribution in [3.05, 3.63) is 64.6 Å². The zero-order chi connectivity index (χ0) is 18.6. The molecule has 1 aliphatic rings. The first-order valence-electron chi connectivity index (χ1n) is 8.54. The van der Waals surface area contributed by atoms with Gasteiger partial charge >= 0.3 is 6.09 Å². The number of ether oxygens (including phenoxy) is 1. The number of nitrogens with one attached hydrogen (secondary N) is 1. The highest BCUT2D eigenvalue weighted by Crippen LogP contribution is 2.31. The van der Waals surface area contributed by atoms with Crippen molar-refractivity contribution in [2.75, 3.05) is 11.9 Å². The van der Waals surface area contributed by atoms with E-state index in [1.54, 1.807) is 6.92 Å². The van der Waals surface area contributed by atoms with Crippen LogP contribution in [0.25, 0.3) is 0 Å². The van der Waals surface area contributed by atoms with Crippen LogP contribution < -0.4 is 5.32 Å². The third kappa shape index (κ3) is 4.07. The van der Waals surface area contributed by atoms with Gasteiger partial charge in [-0.15, -0.1) is 0 Å². The molecule has 3 rings (SSSR count). The Kier molecular flexibility index (Phi) is 5.61. The second kappa shape index (κ2) is 7.91. The van der Waals surface area contributed by atoms with Gasteiger partial charge in [-0.2, -0.15) is 0 Å². The van der Waals surface area contributed by atoms with Crippen molar-refractivity contribution in [3.8, 4) is 0 Å². The van der Waals surface area contributed by atoms with Crippen LogP contribution in [0.4, 0.5) is 10.5 Å². The summed E-state index contributed by atoms with van der Waals surface area (Å²) >= 11 is 3.39. The molecule has 1 saturated heterocycles. The summed E-state index contributed by atoms with van der Waals surface area (Å²) in [7, 11) is 0. The van der Waals surface area contributed by atoms with Crippen LogP contribution in [0.15, 0.2) is 59.1 Å². The van der Waals surface area contributed by atoms with Crippen molar-refractivity contribution >= 4 is 33.6 Å². The van der Waals surface area contributed by atoms with Gasteiger partial charge in [-0.05, 0) is 43.5 Å². The minimum Gasteiger partial charge on any atom is -0.445 e. The van der Waals surface area contributed by atoms with Gasteiger partial charge < -0.3 is 10.1 Å². The largest absolute Gasteiger partial charge is 0.445 e. The van der Waals surface area contributed by atoms with Gasteiger partial charge in [-0.25, -0.2) is 4.79 Å². The van der Waals surface area contributed by atoms with Crippen LogP contribution in [-0.2, 0) is 16.1 Å². The van der Waals surface area contributed by atoms with E-state index in [9.17, 15) is 9.59 Å². The molecule has 136 valence electrons. The highest BCUT2D eigenvalue weighted by atomic mass is 79.9. The van der Waals surface area contributed by atoms with E-state index >= 15 is 0 Å². The normalized spacial score (nSPS) is 19.2. The van der Waals surface area contributed by atoms with E-state index < -0.39 is 11.6 Å². The number of benzene rings is 2. The van der Waals surface area contributed by atoms with Crippen LogP contribution in [0.3, 0.4) is 0 Å². The zero-order valence-corrected chi connectivity index (χ0v) is 16.2. The molecule has 5 nitrogen and oxygen atoms in total. The van der Waals surface area contributed by atoms with Crippen molar-refractivity contribution in [3.63, 3.8) is 0 Å². The molecule has 1 fully saturated rings. The Balaban J connectivity index is 1.67. The SMILES string of the molecule is CC1(C(=O)Nc2cccc(Br)c2)CCCN1C(=O)OCc1ccccc1. The van der Waals surface area contributed by atoms with Gasteiger partial charge in [0.25, 0.3) is 0 Å². The maximum atomic E-state index is 12.9. The molecule has 6 heteroatoms. The van der Waals surface area contributed by atoms with Gasteiger partial charge in [0.05, 0.1) is 0 Å². The molecular formula is C20H21BrN2O3. The molecule has 0 aromatic heterocycles. The van der Waals surface area contributed by atoms with Gasteiger partial charge in [-0.3, -0.25) is 9.69 Å². The molecule has 0 saturated carbocycles.